The normalized spacial score (nSPS) is 34.8. The summed E-state index contributed by atoms with van der Waals surface area (Å²) in [6.07, 6.45) is 1.35. The second-order valence-corrected chi connectivity index (χ2v) is 4.61. The second-order valence-electron chi connectivity index (χ2n) is 4.61. The van der Waals surface area contributed by atoms with Gasteiger partial charge in [-0.25, -0.2) is 0 Å². The van der Waals surface area contributed by atoms with Gasteiger partial charge in [0.25, 0.3) is 0 Å². The fraction of sp³-hybridized carbons (Fsp3) is 1.00. The lowest BCUT2D eigenvalue weighted by Gasteiger charge is -2.25. The standard InChI is InChI=1S/C9H19N/c1-7-5-8(6-10-7)9(2,3)4/h7-8,10H,5-6H2,1-4H3/t7-,8-/m0/s1. The van der Waals surface area contributed by atoms with Gasteiger partial charge >= 0.3 is 0 Å². The third-order valence-electron chi connectivity index (χ3n) is 2.58. The fourth-order valence-electron chi connectivity index (χ4n) is 1.60. The molecule has 0 spiro atoms. The summed E-state index contributed by atoms with van der Waals surface area (Å²) in [7, 11) is 0. The Morgan fingerprint density at radius 3 is 2.10 bits per heavy atom. The lowest BCUT2D eigenvalue weighted by Crippen LogP contribution is -2.22. The zero-order valence-electron chi connectivity index (χ0n) is 7.57. The molecule has 1 heterocycles. The van der Waals surface area contributed by atoms with E-state index in [0.717, 1.165) is 12.0 Å². The third kappa shape index (κ3) is 1.72. The van der Waals surface area contributed by atoms with E-state index in [-0.39, 0.29) is 0 Å². The van der Waals surface area contributed by atoms with Gasteiger partial charge in [0.05, 0.1) is 0 Å². The molecule has 0 unspecified atom stereocenters. The average molecular weight is 141 g/mol. The van der Waals surface area contributed by atoms with Crippen molar-refractivity contribution < 1.29 is 0 Å². The molecule has 10 heavy (non-hydrogen) atoms. The van der Waals surface area contributed by atoms with Crippen LogP contribution >= 0.6 is 0 Å². The summed E-state index contributed by atoms with van der Waals surface area (Å²) in [5, 5.41) is 3.48. The summed E-state index contributed by atoms with van der Waals surface area (Å²) in [5.74, 6) is 0.877. The lowest BCUT2D eigenvalue weighted by atomic mass is 9.79. The zero-order chi connectivity index (χ0) is 7.78. The molecule has 1 heteroatoms. The summed E-state index contributed by atoms with van der Waals surface area (Å²) in [6, 6.07) is 0.740. The van der Waals surface area contributed by atoms with E-state index in [1.807, 2.05) is 0 Å². The third-order valence-corrected chi connectivity index (χ3v) is 2.58. The van der Waals surface area contributed by atoms with Gasteiger partial charge in [0.2, 0.25) is 0 Å². The van der Waals surface area contributed by atoms with E-state index in [9.17, 15) is 0 Å². The predicted octanol–water partition coefficient (Wildman–Crippen LogP) is 2.03. The molecule has 0 aliphatic carbocycles. The van der Waals surface area contributed by atoms with Crippen LogP contribution in [0.15, 0.2) is 0 Å². The van der Waals surface area contributed by atoms with Crippen LogP contribution in [0.1, 0.15) is 34.1 Å². The fourth-order valence-corrected chi connectivity index (χ4v) is 1.60. The molecule has 1 saturated heterocycles. The van der Waals surface area contributed by atoms with Gasteiger partial charge in [-0.1, -0.05) is 20.8 Å². The maximum Gasteiger partial charge on any atom is 0.00421 e. The Kier molecular flexibility index (Phi) is 2.04. The summed E-state index contributed by atoms with van der Waals surface area (Å²) >= 11 is 0. The Hall–Kier alpha value is -0.0400. The molecular weight excluding hydrogens is 122 g/mol. The van der Waals surface area contributed by atoms with Crippen LogP contribution in [0.4, 0.5) is 0 Å². The van der Waals surface area contributed by atoms with Crippen molar-refractivity contribution in [3.05, 3.63) is 0 Å². The van der Waals surface area contributed by atoms with Gasteiger partial charge in [-0.3, -0.25) is 0 Å². The Labute approximate surface area is 64.2 Å². The molecule has 1 fully saturated rings. The molecule has 0 aromatic carbocycles. The Balaban J connectivity index is 2.45. The van der Waals surface area contributed by atoms with E-state index in [1.165, 1.54) is 13.0 Å². The first kappa shape index (κ1) is 8.06. The second kappa shape index (κ2) is 2.54. The van der Waals surface area contributed by atoms with Crippen LogP contribution in [-0.4, -0.2) is 12.6 Å². The minimum atomic E-state index is 0.498. The van der Waals surface area contributed by atoms with Crippen molar-refractivity contribution in [3.8, 4) is 0 Å². The lowest BCUT2D eigenvalue weighted by molar-refractivity contribution is 0.258. The van der Waals surface area contributed by atoms with E-state index in [4.69, 9.17) is 0 Å². The number of nitrogens with one attached hydrogen (secondary N) is 1. The average Bonchev–Trinajstić information content (AvgIpc) is 2.11. The summed E-state index contributed by atoms with van der Waals surface area (Å²) in [4.78, 5) is 0. The smallest absolute Gasteiger partial charge is 0.00421 e. The Morgan fingerprint density at radius 2 is 1.90 bits per heavy atom. The largest absolute Gasteiger partial charge is 0.314 e. The molecule has 1 nitrogen and oxygen atoms in total. The Bertz CT molecular complexity index is 112. The molecule has 0 bridgehead atoms. The SMILES string of the molecule is C[C@H]1C[C@H](C(C)(C)C)CN1. The van der Waals surface area contributed by atoms with E-state index < -0.39 is 0 Å². The van der Waals surface area contributed by atoms with Crippen molar-refractivity contribution >= 4 is 0 Å². The van der Waals surface area contributed by atoms with Crippen molar-refractivity contribution in [1.29, 1.82) is 0 Å². The first-order chi connectivity index (χ1) is 4.50. The first-order valence-corrected chi connectivity index (χ1v) is 4.23. The van der Waals surface area contributed by atoms with Gasteiger partial charge in [-0.05, 0) is 31.2 Å². The molecule has 0 aromatic rings. The molecular formula is C9H19N. The molecule has 2 atom stereocenters. The molecule has 0 aromatic heterocycles. The van der Waals surface area contributed by atoms with Crippen molar-refractivity contribution in [2.75, 3.05) is 6.54 Å². The van der Waals surface area contributed by atoms with Crippen molar-refractivity contribution in [3.63, 3.8) is 0 Å². The highest BCUT2D eigenvalue weighted by Crippen LogP contribution is 2.32. The molecule has 1 aliphatic heterocycles. The van der Waals surface area contributed by atoms with Gasteiger partial charge in [0.15, 0.2) is 0 Å². The van der Waals surface area contributed by atoms with Crippen LogP contribution in [0.2, 0.25) is 0 Å². The molecule has 0 saturated carbocycles. The monoisotopic (exact) mass is 141 g/mol. The van der Waals surface area contributed by atoms with Crippen LogP contribution in [0.5, 0.6) is 0 Å². The highest BCUT2D eigenvalue weighted by atomic mass is 14.9. The van der Waals surface area contributed by atoms with Crippen LogP contribution in [0.25, 0.3) is 0 Å². The van der Waals surface area contributed by atoms with Gasteiger partial charge in [0, 0.05) is 6.04 Å². The minimum Gasteiger partial charge on any atom is -0.314 e. The number of hydrogen-bond donors (Lipinski definition) is 1. The number of rotatable bonds is 0. The van der Waals surface area contributed by atoms with Crippen molar-refractivity contribution in [2.45, 2.75) is 40.2 Å². The highest BCUT2D eigenvalue weighted by molar-refractivity contribution is 4.85. The molecule has 1 N–H and O–H groups in total. The van der Waals surface area contributed by atoms with Gasteiger partial charge in [-0.2, -0.15) is 0 Å². The van der Waals surface area contributed by atoms with Crippen LogP contribution in [-0.2, 0) is 0 Å². The zero-order valence-corrected chi connectivity index (χ0v) is 7.57. The van der Waals surface area contributed by atoms with Crippen LogP contribution in [0.3, 0.4) is 0 Å². The summed E-state index contributed by atoms with van der Waals surface area (Å²) < 4.78 is 0. The van der Waals surface area contributed by atoms with Crippen molar-refractivity contribution in [2.24, 2.45) is 11.3 Å². The maximum absolute atomic E-state index is 3.48. The number of hydrogen-bond acceptors (Lipinski definition) is 1. The van der Waals surface area contributed by atoms with Gasteiger partial charge in [-0.15, -0.1) is 0 Å². The highest BCUT2D eigenvalue weighted by Gasteiger charge is 2.30. The van der Waals surface area contributed by atoms with Crippen LogP contribution < -0.4 is 5.32 Å². The molecule has 60 valence electrons. The van der Waals surface area contributed by atoms with Crippen LogP contribution in [0, 0.1) is 11.3 Å². The summed E-state index contributed by atoms with van der Waals surface area (Å²) in [5.41, 5.74) is 0.498. The van der Waals surface area contributed by atoms with E-state index in [2.05, 4.69) is 33.0 Å². The van der Waals surface area contributed by atoms with Gasteiger partial charge < -0.3 is 5.32 Å². The first-order valence-electron chi connectivity index (χ1n) is 4.23. The Morgan fingerprint density at radius 1 is 1.30 bits per heavy atom. The maximum atomic E-state index is 3.48. The van der Waals surface area contributed by atoms with Crippen molar-refractivity contribution in [1.82, 2.24) is 5.32 Å². The van der Waals surface area contributed by atoms with E-state index >= 15 is 0 Å². The molecule has 0 amide bonds. The quantitative estimate of drug-likeness (QED) is 0.544. The minimum absolute atomic E-state index is 0.498. The topological polar surface area (TPSA) is 12.0 Å². The molecule has 0 radical (unpaired) electrons. The van der Waals surface area contributed by atoms with Gasteiger partial charge in [0.1, 0.15) is 0 Å². The van der Waals surface area contributed by atoms with E-state index in [0.29, 0.717) is 5.41 Å². The molecule has 1 rings (SSSR count). The predicted molar refractivity (Wildman–Crippen MR) is 45.0 cm³/mol. The van der Waals surface area contributed by atoms with E-state index in [1.54, 1.807) is 0 Å². The summed E-state index contributed by atoms with van der Waals surface area (Å²) in [6.45, 7) is 10.5. The molecule has 1 aliphatic rings.